The van der Waals surface area contributed by atoms with Crippen molar-refractivity contribution in [2.45, 2.75) is 58.0 Å². The first-order valence-corrected chi connectivity index (χ1v) is 8.74. The molecule has 3 N–H and O–H groups in total. The predicted molar refractivity (Wildman–Crippen MR) is 82.0 cm³/mol. The Kier molecular flexibility index (Phi) is 6.23. The Hall–Kier alpha value is -0.850. The SMILES string of the molecule is CCC(CC)CNS(=O)(=O)c1cc(CN)n(C(C)C)c1. The molecule has 20 heavy (non-hydrogen) atoms. The van der Waals surface area contributed by atoms with Crippen molar-refractivity contribution >= 4 is 10.0 Å². The molecule has 0 radical (unpaired) electrons. The maximum absolute atomic E-state index is 12.3. The van der Waals surface area contributed by atoms with Gasteiger partial charge in [-0.2, -0.15) is 0 Å². The molecule has 1 aromatic heterocycles. The zero-order valence-corrected chi connectivity index (χ0v) is 13.7. The molecule has 5 nitrogen and oxygen atoms in total. The van der Waals surface area contributed by atoms with Crippen LogP contribution in [-0.4, -0.2) is 19.5 Å². The van der Waals surface area contributed by atoms with E-state index in [9.17, 15) is 8.42 Å². The summed E-state index contributed by atoms with van der Waals surface area (Å²) in [6, 6.07) is 1.85. The molecule has 0 aromatic carbocycles. The van der Waals surface area contributed by atoms with Gasteiger partial charge in [0.15, 0.2) is 0 Å². The fourth-order valence-corrected chi connectivity index (χ4v) is 3.34. The number of nitrogens with two attached hydrogens (primary N) is 1. The summed E-state index contributed by atoms with van der Waals surface area (Å²) >= 11 is 0. The normalized spacial score (nSPS) is 12.6. The van der Waals surface area contributed by atoms with E-state index in [1.54, 1.807) is 12.3 Å². The van der Waals surface area contributed by atoms with E-state index in [1.165, 1.54) is 0 Å². The maximum atomic E-state index is 12.3. The topological polar surface area (TPSA) is 77.1 Å². The highest BCUT2D eigenvalue weighted by molar-refractivity contribution is 7.89. The fourth-order valence-electron chi connectivity index (χ4n) is 2.18. The van der Waals surface area contributed by atoms with E-state index in [0.717, 1.165) is 18.5 Å². The number of rotatable bonds is 8. The summed E-state index contributed by atoms with van der Waals surface area (Å²) in [5.41, 5.74) is 6.51. The lowest BCUT2D eigenvalue weighted by Gasteiger charge is -2.13. The van der Waals surface area contributed by atoms with Gasteiger partial charge < -0.3 is 10.3 Å². The van der Waals surface area contributed by atoms with Crippen LogP contribution in [0.15, 0.2) is 17.2 Å². The zero-order valence-electron chi connectivity index (χ0n) is 12.9. The maximum Gasteiger partial charge on any atom is 0.242 e. The molecule has 6 heteroatoms. The second kappa shape index (κ2) is 7.24. The van der Waals surface area contributed by atoms with Gasteiger partial charge in [0.25, 0.3) is 0 Å². The van der Waals surface area contributed by atoms with Gasteiger partial charge in [0, 0.05) is 31.0 Å². The van der Waals surface area contributed by atoms with Crippen molar-refractivity contribution in [2.75, 3.05) is 6.54 Å². The molecule has 1 rings (SSSR count). The van der Waals surface area contributed by atoms with E-state index in [4.69, 9.17) is 5.73 Å². The lowest BCUT2D eigenvalue weighted by molar-refractivity contribution is 0.478. The summed E-state index contributed by atoms with van der Waals surface area (Å²) in [5.74, 6) is 0.380. The third-order valence-electron chi connectivity index (χ3n) is 3.70. The average molecular weight is 301 g/mol. The van der Waals surface area contributed by atoms with Gasteiger partial charge in [-0.1, -0.05) is 26.7 Å². The molecule has 0 saturated heterocycles. The number of aromatic nitrogens is 1. The summed E-state index contributed by atoms with van der Waals surface area (Å²) in [7, 11) is -3.45. The van der Waals surface area contributed by atoms with Crippen molar-refractivity contribution in [1.82, 2.24) is 9.29 Å². The molecule has 116 valence electrons. The highest BCUT2D eigenvalue weighted by Crippen LogP contribution is 2.19. The van der Waals surface area contributed by atoms with Gasteiger partial charge in [0.05, 0.1) is 4.90 Å². The third-order valence-corrected chi connectivity index (χ3v) is 5.09. The number of hydrogen-bond donors (Lipinski definition) is 2. The number of nitrogens with zero attached hydrogens (tertiary/aromatic N) is 1. The van der Waals surface area contributed by atoms with E-state index in [0.29, 0.717) is 23.9 Å². The van der Waals surface area contributed by atoms with Crippen molar-refractivity contribution in [3.8, 4) is 0 Å². The highest BCUT2D eigenvalue weighted by atomic mass is 32.2. The molecule has 0 saturated carbocycles. The first-order chi connectivity index (χ1) is 9.35. The van der Waals surface area contributed by atoms with Crippen LogP contribution in [0.5, 0.6) is 0 Å². The third kappa shape index (κ3) is 4.07. The minimum Gasteiger partial charge on any atom is -0.346 e. The Morgan fingerprint density at radius 3 is 2.30 bits per heavy atom. The molecule has 1 aromatic rings. The second-order valence-corrected chi connectivity index (χ2v) is 7.17. The van der Waals surface area contributed by atoms with Crippen molar-refractivity contribution in [3.05, 3.63) is 18.0 Å². The largest absolute Gasteiger partial charge is 0.346 e. The van der Waals surface area contributed by atoms with Crippen molar-refractivity contribution in [3.63, 3.8) is 0 Å². The standard InChI is InChI=1S/C14H27N3O2S/c1-5-12(6-2)9-16-20(18,19)14-7-13(8-15)17(10-14)11(3)4/h7,10-12,16H,5-6,8-9,15H2,1-4H3. The molecule has 1 heterocycles. The molecule has 0 aliphatic heterocycles. The van der Waals surface area contributed by atoms with Gasteiger partial charge >= 0.3 is 0 Å². The molecule has 0 fully saturated rings. The molecule has 0 unspecified atom stereocenters. The Morgan fingerprint density at radius 1 is 1.30 bits per heavy atom. The molecule has 0 aliphatic rings. The molecular weight excluding hydrogens is 274 g/mol. The van der Waals surface area contributed by atoms with Crippen LogP contribution in [0.1, 0.15) is 52.3 Å². The van der Waals surface area contributed by atoms with E-state index in [1.807, 2.05) is 18.4 Å². The van der Waals surface area contributed by atoms with Gasteiger partial charge in [-0.3, -0.25) is 0 Å². The second-order valence-electron chi connectivity index (χ2n) is 5.41. The Labute approximate surface area is 122 Å². The Bertz CT molecular complexity index is 517. The van der Waals surface area contributed by atoms with Crippen molar-refractivity contribution < 1.29 is 8.42 Å². The van der Waals surface area contributed by atoms with Gasteiger partial charge in [-0.05, 0) is 25.8 Å². The first-order valence-electron chi connectivity index (χ1n) is 7.26. The fraction of sp³-hybridized carbons (Fsp3) is 0.714. The van der Waals surface area contributed by atoms with Crippen molar-refractivity contribution in [1.29, 1.82) is 0 Å². The average Bonchev–Trinajstić information content (AvgIpc) is 2.85. The minimum absolute atomic E-state index is 0.191. The van der Waals surface area contributed by atoms with E-state index in [2.05, 4.69) is 18.6 Å². The summed E-state index contributed by atoms with van der Waals surface area (Å²) in [6.07, 6.45) is 3.61. The van der Waals surface area contributed by atoms with Crippen LogP contribution in [0, 0.1) is 5.92 Å². The number of hydrogen-bond acceptors (Lipinski definition) is 3. The Balaban J connectivity index is 2.92. The zero-order chi connectivity index (χ0) is 15.3. The molecule has 0 bridgehead atoms. The quantitative estimate of drug-likeness (QED) is 0.773. The van der Waals surface area contributed by atoms with Gasteiger partial charge in [-0.25, -0.2) is 13.1 Å². The summed E-state index contributed by atoms with van der Waals surface area (Å²) in [5, 5.41) is 0. The van der Waals surface area contributed by atoms with Gasteiger partial charge in [0.1, 0.15) is 0 Å². The summed E-state index contributed by atoms with van der Waals surface area (Å²) in [6.45, 7) is 8.98. The van der Waals surface area contributed by atoms with Crippen LogP contribution < -0.4 is 10.5 Å². The van der Waals surface area contributed by atoms with Crippen LogP contribution in [0.4, 0.5) is 0 Å². The van der Waals surface area contributed by atoms with E-state index in [-0.39, 0.29) is 6.04 Å². The first kappa shape index (κ1) is 17.2. The van der Waals surface area contributed by atoms with Crippen LogP contribution in [0.25, 0.3) is 0 Å². The monoisotopic (exact) mass is 301 g/mol. The van der Waals surface area contributed by atoms with Gasteiger partial charge in [-0.15, -0.1) is 0 Å². The molecule has 0 atom stereocenters. The lowest BCUT2D eigenvalue weighted by atomic mass is 10.0. The van der Waals surface area contributed by atoms with Crippen LogP contribution in [0.2, 0.25) is 0 Å². The highest BCUT2D eigenvalue weighted by Gasteiger charge is 2.19. The van der Waals surface area contributed by atoms with E-state index >= 15 is 0 Å². The summed E-state index contributed by atoms with van der Waals surface area (Å²) in [4.78, 5) is 0.303. The lowest BCUT2D eigenvalue weighted by Crippen LogP contribution is -2.28. The van der Waals surface area contributed by atoms with Crippen LogP contribution >= 0.6 is 0 Å². The Morgan fingerprint density at radius 2 is 1.90 bits per heavy atom. The molecule has 0 spiro atoms. The number of nitrogens with one attached hydrogen (secondary N) is 1. The summed E-state index contributed by atoms with van der Waals surface area (Å²) < 4.78 is 29.2. The van der Waals surface area contributed by atoms with E-state index < -0.39 is 10.0 Å². The van der Waals surface area contributed by atoms with Crippen LogP contribution in [0.3, 0.4) is 0 Å². The molecule has 0 aliphatic carbocycles. The predicted octanol–water partition coefficient (Wildman–Crippen LogP) is 2.24. The van der Waals surface area contributed by atoms with Crippen LogP contribution in [-0.2, 0) is 16.6 Å². The smallest absolute Gasteiger partial charge is 0.242 e. The van der Waals surface area contributed by atoms with Crippen molar-refractivity contribution in [2.24, 2.45) is 11.7 Å². The molecule has 0 amide bonds. The molecular formula is C14H27N3O2S. The number of sulfonamides is 1. The minimum atomic E-state index is -3.45. The van der Waals surface area contributed by atoms with Gasteiger partial charge in [0.2, 0.25) is 10.0 Å².